The molecule has 2 aliphatic carbocycles. The molecule has 0 bridgehead atoms. The summed E-state index contributed by atoms with van der Waals surface area (Å²) < 4.78 is 5.97. The van der Waals surface area contributed by atoms with Crippen molar-refractivity contribution in [2.45, 2.75) is 63.2 Å². The van der Waals surface area contributed by atoms with E-state index in [0.29, 0.717) is 36.5 Å². The van der Waals surface area contributed by atoms with Gasteiger partial charge in [0, 0.05) is 24.6 Å². The molecule has 146 valence electrons. The van der Waals surface area contributed by atoms with Gasteiger partial charge < -0.3 is 15.6 Å². The van der Waals surface area contributed by atoms with Crippen molar-refractivity contribution in [3.05, 3.63) is 28.8 Å². The summed E-state index contributed by atoms with van der Waals surface area (Å²) >= 11 is 0. The molecule has 1 aliphatic heterocycles. The number of primary amides is 1. The fraction of sp³-hybridized carbons (Fsp3) is 0.619. The molecule has 0 saturated heterocycles. The summed E-state index contributed by atoms with van der Waals surface area (Å²) in [6.45, 7) is 5.26. The highest BCUT2D eigenvalue weighted by atomic mass is 16.5. The molecule has 27 heavy (non-hydrogen) atoms. The Hall–Kier alpha value is -1.92. The van der Waals surface area contributed by atoms with E-state index in [1.165, 1.54) is 0 Å². The van der Waals surface area contributed by atoms with E-state index in [0.717, 1.165) is 24.1 Å². The number of carbonyl (C=O) groups excluding carboxylic acids is 2. The molecule has 1 aromatic carbocycles. The summed E-state index contributed by atoms with van der Waals surface area (Å²) in [6, 6.07) is 3.51. The number of hydrogen-bond donors (Lipinski definition) is 2. The van der Waals surface area contributed by atoms with E-state index in [-0.39, 0.29) is 11.8 Å². The van der Waals surface area contributed by atoms with Crippen molar-refractivity contribution >= 4 is 11.7 Å². The minimum absolute atomic E-state index is 0.00697. The predicted molar refractivity (Wildman–Crippen MR) is 101 cm³/mol. The van der Waals surface area contributed by atoms with Crippen molar-refractivity contribution in [3.8, 4) is 5.75 Å². The topological polar surface area (TPSA) is 92.9 Å². The Morgan fingerprint density at radius 3 is 2.89 bits per heavy atom. The van der Waals surface area contributed by atoms with Crippen LogP contribution < -0.4 is 10.5 Å². The van der Waals surface area contributed by atoms with Gasteiger partial charge in [0.05, 0.1) is 17.1 Å². The molecule has 0 aromatic heterocycles. The molecule has 0 spiro atoms. The zero-order chi connectivity index (χ0) is 19.5. The van der Waals surface area contributed by atoms with Gasteiger partial charge in [-0.1, -0.05) is 26.3 Å². The SMILES string of the molecule is CCC(C)CN(C)[C@@H]1Cc2ccc(C(N)=O)c3c2C2C(O3)C(=O)CC[C@]21O. The number of aliphatic hydroxyl groups is 1. The maximum Gasteiger partial charge on any atom is 0.252 e. The maximum absolute atomic E-state index is 12.6. The number of rotatable bonds is 5. The third-order valence-electron chi connectivity index (χ3n) is 6.86. The summed E-state index contributed by atoms with van der Waals surface area (Å²) in [7, 11) is 2.06. The lowest BCUT2D eigenvalue weighted by Crippen LogP contribution is -2.63. The lowest BCUT2D eigenvalue weighted by atomic mass is 9.61. The van der Waals surface area contributed by atoms with Gasteiger partial charge in [-0.05, 0) is 37.4 Å². The van der Waals surface area contributed by atoms with Gasteiger partial charge in [-0.25, -0.2) is 0 Å². The largest absolute Gasteiger partial charge is 0.481 e. The van der Waals surface area contributed by atoms with Crippen molar-refractivity contribution in [2.24, 2.45) is 11.7 Å². The van der Waals surface area contributed by atoms with Crippen LogP contribution in [-0.2, 0) is 11.2 Å². The minimum atomic E-state index is -1.05. The predicted octanol–water partition coefficient (Wildman–Crippen LogP) is 1.63. The summed E-state index contributed by atoms with van der Waals surface area (Å²) in [5, 5.41) is 11.8. The van der Waals surface area contributed by atoms with Crippen LogP contribution in [0.15, 0.2) is 12.1 Å². The quantitative estimate of drug-likeness (QED) is 0.819. The van der Waals surface area contributed by atoms with Crippen LogP contribution in [0.3, 0.4) is 0 Å². The van der Waals surface area contributed by atoms with E-state index < -0.39 is 23.5 Å². The van der Waals surface area contributed by atoms with Crippen LogP contribution in [-0.4, -0.2) is 53.0 Å². The first-order valence-electron chi connectivity index (χ1n) is 9.85. The van der Waals surface area contributed by atoms with E-state index in [4.69, 9.17) is 10.5 Å². The van der Waals surface area contributed by atoms with Gasteiger partial charge in [-0.2, -0.15) is 0 Å². The molecule has 3 N–H and O–H groups in total. The number of nitrogens with two attached hydrogens (primary N) is 1. The molecule has 4 rings (SSSR count). The summed E-state index contributed by atoms with van der Waals surface area (Å²) in [5.74, 6) is -0.0764. The summed E-state index contributed by atoms with van der Waals surface area (Å²) in [4.78, 5) is 26.7. The van der Waals surface area contributed by atoms with Gasteiger partial charge in [0.1, 0.15) is 5.75 Å². The molecular weight excluding hydrogens is 344 g/mol. The number of likely N-dealkylation sites (N-methyl/N-ethyl adjacent to an activating group) is 1. The van der Waals surface area contributed by atoms with Crippen molar-refractivity contribution < 1.29 is 19.4 Å². The minimum Gasteiger partial charge on any atom is -0.481 e. The van der Waals surface area contributed by atoms with Crippen molar-refractivity contribution in [1.82, 2.24) is 4.90 Å². The lowest BCUT2D eigenvalue weighted by Gasteiger charge is -2.51. The summed E-state index contributed by atoms with van der Waals surface area (Å²) in [5.41, 5.74) is 6.63. The van der Waals surface area contributed by atoms with Gasteiger partial charge in [0.15, 0.2) is 11.9 Å². The Kier molecular flexibility index (Phi) is 4.31. The van der Waals surface area contributed by atoms with Gasteiger partial charge in [0.25, 0.3) is 5.91 Å². The highest BCUT2D eigenvalue weighted by Gasteiger charge is 2.61. The first-order valence-corrected chi connectivity index (χ1v) is 9.85. The molecule has 5 atom stereocenters. The lowest BCUT2D eigenvalue weighted by molar-refractivity contribution is -0.146. The van der Waals surface area contributed by atoms with Crippen molar-refractivity contribution in [2.75, 3.05) is 13.6 Å². The number of nitrogens with zero attached hydrogens (tertiary/aromatic N) is 1. The number of benzene rings is 1. The zero-order valence-electron chi connectivity index (χ0n) is 16.2. The van der Waals surface area contributed by atoms with Gasteiger partial charge in [-0.3, -0.25) is 14.5 Å². The van der Waals surface area contributed by atoms with Gasteiger partial charge in [-0.15, -0.1) is 0 Å². The Morgan fingerprint density at radius 1 is 1.48 bits per heavy atom. The molecular formula is C21H28N2O4. The van der Waals surface area contributed by atoms with Crippen LogP contribution in [0.25, 0.3) is 0 Å². The normalized spacial score (nSPS) is 32.2. The Bertz CT molecular complexity index is 808. The molecule has 1 saturated carbocycles. The van der Waals surface area contributed by atoms with Crippen LogP contribution in [0.1, 0.15) is 60.5 Å². The van der Waals surface area contributed by atoms with Crippen LogP contribution in [0.5, 0.6) is 5.75 Å². The van der Waals surface area contributed by atoms with Gasteiger partial charge in [0.2, 0.25) is 0 Å². The van der Waals surface area contributed by atoms with Crippen LogP contribution in [0.2, 0.25) is 0 Å². The molecule has 1 aromatic rings. The number of amides is 1. The standard InChI is InChI=1S/C21H28N2O4/c1-4-11(2)10-23(3)15-9-12-5-6-13(20(22)25)18-16(12)17-19(27-18)14(24)7-8-21(15,17)26/h5-6,11,15,17,19,26H,4,7-10H2,1-3H3,(H2,22,25)/t11?,15-,17?,19?,21-/m1/s1. The average Bonchev–Trinajstić information content (AvgIpc) is 3.04. The second-order valence-electron chi connectivity index (χ2n) is 8.53. The number of hydrogen-bond acceptors (Lipinski definition) is 5. The molecule has 3 aliphatic rings. The monoisotopic (exact) mass is 372 g/mol. The van der Waals surface area contributed by atoms with Crippen LogP contribution >= 0.6 is 0 Å². The molecule has 1 amide bonds. The molecule has 3 unspecified atom stereocenters. The molecule has 6 nitrogen and oxygen atoms in total. The Labute approximate surface area is 159 Å². The highest BCUT2D eigenvalue weighted by Crippen LogP contribution is 2.56. The van der Waals surface area contributed by atoms with Crippen LogP contribution in [0, 0.1) is 5.92 Å². The van der Waals surface area contributed by atoms with E-state index in [1.54, 1.807) is 6.07 Å². The first-order chi connectivity index (χ1) is 12.8. The fourth-order valence-corrected chi connectivity index (χ4v) is 5.26. The average molecular weight is 372 g/mol. The molecule has 1 fully saturated rings. The fourth-order valence-electron chi connectivity index (χ4n) is 5.26. The van der Waals surface area contributed by atoms with Crippen molar-refractivity contribution in [1.29, 1.82) is 0 Å². The maximum atomic E-state index is 12.6. The number of carbonyl (C=O) groups is 2. The van der Waals surface area contributed by atoms with Gasteiger partial charge >= 0.3 is 0 Å². The zero-order valence-corrected chi connectivity index (χ0v) is 16.2. The second-order valence-corrected chi connectivity index (χ2v) is 8.53. The molecule has 0 radical (unpaired) electrons. The third kappa shape index (κ3) is 2.61. The van der Waals surface area contributed by atoms with E-state index in [1.807, 2.05) is 6.07 Å². The second kappa shape index (κ2) is 6.31. The number of Topliss-reactive ketones (excluding diaryl/α,β-unsaturated/α-hetero) is 1. The number of ketones is 1. The van der Waals surface area contributed by atoms with Crippen LogP contribution in [0.4, 0.5) is 0 Å². The Balaban J connectivity index is 1.82. The van der Waals surface area contributed by atoms with E-state index >= 15 is 0 Å². The third-order valence-corrected chi connectivity index (χ3v) is 6.86. The number of ether oxygens (including phenoxy) is 1. The molecule has 6 heteroatoms. The summed E-state index contributed by atoms with van der Waals surface area (Å²) in [6.07, 6.45) is 1.74. The highest BCUT2D eigenvalue weighted by molar-refractivity contribution is 5.98. The van der Waals surface area contributed by atoms with Crippen molar-refractivity contribution in [3.63, 3.8) is 0 Å². The molecule has 1 heterocycles. The van der Waals surface area contributed by atoms with E-state index in [2.05, 4.69) is 25.8 Å². The van der Waals surface area contributed by atoms with E-state index in [9.17, 15) is 14.7 Å². The smallest absolute Gasteiger partial charge is 0.252 e. The first kappa shape index (κ1) is 18.4. The Morgan fingerprint density at radius 2 is 2.22 bits per heavy atom.